The predicted molar refractivity (Wildman–Crippen MR) is 44.6 cm³/mol. The summed E-state index contributed by atoms with van der Waals surface area (Å²) in [5.41, 5.74) is 0. The van der Waals surface area contributed by atoms with E-state index in [1.165, 1.54) is 0 Å². The molecule has 0 aliphatic rings. The fraction of sp³-hybridized carbons (Fsp3) is 0.857. The molecule has 0 radical (unpaired) electrons. The zero-order chi connectivity index (χ0) is 8.85. The summed E-state index contributed by atoms with van der Waals surface area (Å²) >= 11 is 5.61. The summed E-state index contributed by atoms with van der Waals surface area (Å²) in [6.07, 6.45) is 0.0902. The first-order chi connectivity index (χ1) is 5.07. The number of carbonyl (C=O) groups is 1. The lowest BCUT2D eigenvalue weighted by atomic mass is 10.3. The van der Waals surface area contributed by atoms with Crippen molar-refractivity contribution in [3.05, 3.63) is 0 Å². The molecule has 2 atom stereocenters. The van der Waals surface area contributed by atoms with Gasteiger partial charge in [0.2, 0.25) is 5.91 Å². The first kappa shape index (κ1) is 10.7. The van der Waals surface area contributed by atoms with Gasteiger partial charge in [-0.3, -0.25) is 4.79 Å². The molecule has 0 saturated carbocycles. The Morgan fingerprint density at radius 1 is 1.73 bits per heavy atom. The number of hydrogen-bond acceptors (Lipinski definition) is 2. The van der Waals surface area contributed by atoms with Crippen molar-refractivity contribution in [3.63, 3.8) is 0 Å². The molecule has 11 heavy (non-hydrogen) atoms. The number of halogens is 1. The van der Waals surface area contributed by atoms with Gasteiger partial charge in [0, 0.05) is 6.54 Å². The second-order valence-electron chi connectivity index (χ2n) is 2.47. The van der Waals surface area contributed by atoms with E-state index < -0.39 is 11.5 Å². The van der Waals surface area contributed by atoms with Crippen LogP contribution in [0, 0.1) is 0 Å². The fourth-order valence-corrected chi connectivity index (χ4v) is 0.622. The van der Waals surface area contributed by atoms with Crippen LogP contribution in [-0.4, -0.2) is 29.0 Å². The number of nitrogens with one attached hydrogen (secondary N) is 1. The topological polar surface area (TPSA) is 49.3 Å². The molecule has 4 heteroatoms. The first-order valence-electron chi connectivity index (χ1n) is 3.67. The third kappa shape index (κ3) is 5.04. The Kier molecular flexibility index (Phi) is 5.24. The summed E-state index contributed by atoms with van der Waals surface area (Å²) < 4.78 is 0. The average Bonchev–Trinajstić information content (AvgIpc) is 1.98. The Labute approximate surface area is 71.7 Å². The lowest BCUT2D eigenvalue weighted by Gasteiger charge is -2.09. The van der Waals surface area contributed by atoms with Crippen LogP contribution in [-0.2, 0) is 4.79 Å². The standard InChI is InChI=1S/C7H14ClNO2/c1-3-6(8)7(11)9-4-5(2)10/h5-6,10H,3-4H2,1-2H3,(H,9,11). The molecule has 1 amide bonds. The van der Waals surface area contributed by atoms with E-state index >= 15 is 0 Å². The number of hydrogen-bond donors (Lipinski definition) is 2. The monoisotopic (exact) mass is 179 g/mol. The zero-order valence-electron chi connectivity index (χ0n) is 6.80. The van der Waals surface area contributed by atoms with Crippen molar-refractivity contribution in [1.82, 2.24) is 5.32 Å². The highest BCUT2D eigenvalue weighted by molar-refractivity contribution is 6.30. The molecule has 0 aromatic carbocycles. The van der Waals surface area contributed by atoms with Gasteiger partial charge in [-0.15, -0.1) is 11.6 Å². The molecule has 0 rings (SSSR count). The highest BCUT2D eigenvalue weighted by atomic mass is 35.5. The van der Waals surface area contributed by atoms with Crippen LogP contribution in [0.2, 0.25) is 0 Å². The Hall–Kier alpha value is -0.280. The van der Waals surface area contributed by atoms with Gasteiger partial charge >= 0.3 is 0 Å². The molecule has 0 aliphatic carbocycles. The number of alkyl halides is 1. The summed E-state index contributed by atoms with van der Waals surface area (Å²) in [6.45, 7) is 3.71. The van der Waals surface area contributed by atoms with Gasteiger partial charge in [0.05, 0.1) is 6.10 Å². The van der Waals surface area contributed by atoms with Crippen LogP contribution in [0.15, 0.2) is 0 Å². The van der Waals surface area contributed by atoms with E-state index in [-0.39, 0.29) is 12.5 Å². The molecule has 0 spiro atoms. The van der Waals surface area contributed by atoms with Crippen molar-refractivity contribution < 1.29 is 9.90 Å². The Morgan fingerprint density at radius 3 is 2.64 bits per heavy atom. The van der Waals surface area contributed by atoms with E-state index in [1.54, 1.807) is 6.92 Å². The minimum absolute atomic E-state index is 0.213. The maximum atomic E-state index is 10.9. The first-order valence-corrected chi connectivity index (χ1v) is 4.11. The molecule has 0 saturated heterocycles. The largest absolute Gasteiger partial charge is 0.392 e. The highest BCUT2D eigenvalue weighted by Gasteiger charge is 2.11. The summed E-state index contributed by atoms with van der Waals surface area (Å²) in [4.78, 5) is 10.9. The molecule has 0 aromatic heterocycles. The summed E-state index contributed by atoms with van der Waals surface area (Å²) in [5.74, 6) is -0.213. The summed E-state index contributed by atoms with van der Waals surface area (Å²) in [6, 6.07) is 0. The third-order valence-corrected chi connectivity index (χ3v) is 1.72. The summed E-state index contributed by atoms with van der Waals surface area (Å²) in [5, 5.41) is 10.8. The minimum Gasteiger partial charge on any atom is -0.392 e. The lowest BCUT2D eigenvalue weighted by molar-refractivity contribution is -0.121. The summed E-state index contributed by atoms with van der Waals surface area (Å²) in [7, 11) is 0. The second-order valence-corrected chi connectivity index (χ2v) is 3.00. The van der Waals surface area contributed by atoms with Crippen LogP contribution in [0.4, 0.5) is 0 Å². The Morgan fingerprint density at radius 2 is 2.27 bits per heavy atom. The maximum Gasteiger partial charge on any atom is 0.238 e. The van der Waals surface area contributed by atoms with E-state index in [0.29, 0.717) is 6.42 Å². The number of amides is 1. The van der Waals surface area contributed by atoms with Crippen LogP contribution in [0.1, 0.15) is 20.3 Å². The smallest absolute Gasteiger partial charge is 0.238 e. The normalized spacial score (nSPS) is 15.6. The van der Waals surface area contributed by atoms with Gasteiger partial charge in [0.25, 0.3) is 0 Å². The van der Waals surface area contributed by atoms with Gasteiger partial charge in [-0.1, -0.05) is 6.92 Å². The van der Waals surface area contributed by atoms with Crippen molar-refractivity contribution in [2.45, 2.75) is 31.7 Å². The van der Waals surface area contributed by atoms with Gasteiger partial charge in [0.1, 0.15) is 5.38 Å². The second kappa shape index (κ2) is 5.38. The number of aliphatic hydroxyl groups is 1. The molecule has 2 unspecified atom stereocenters. The van der Waals surface area contributed by atoms with E-state index in [1.807, 2.05) is 6.92 Å². The van der Waals surface area contributed by atoms with Crippen LogP contribution in [0.25, 0.3) is 0 Å². The molecular weight excluding hydrogens is 166 g/mol. The van der Waals surface area contributed by atoms with Crippen molar-refractivity contribution in [3.8, 4) is 0 Å². The lowest BCUT2D eigenvalue weighted by Crippen LogP contribution is -2.35. The zero-order valence-corrected chi connectivity index (χ0v) is 7.56. The highest BCUT2D eigenvalue weighted by Crippen LogP contribution is 1.99. The molecule has 0 aromatic rings. The SMILES string of the molecule is CCC(Cl)C(=O)NCC(C)O. The Bertz CT molecular complexity index is 128. The van der Waals surface area contributed by atoms with Crippen molar-refractivity contribution in [1.29, 1.82) is 0 Å². The molecule has 2 N–H and O–H groups in total. The van der Waals surface area contributed by atoms with Crippen LogP contribution < -0.4 is 5.32 Å². The van der Waals surface area contributed by atoms with Crippen LogP contribution in [0.3, 0.4) is 0 Å². The van der Waals surface area contributed by atoms with Crippen molar-refractivity contribution in [2.75, 3.05) is 6.54 Å². The minimum atomic E-state index is -0.514. The quantitative estimate of drug-likeness (QED) is 0.618. The van der Waals surface area contributed by atoms with Crippen LogP contribution in [0.5, 0.6) is 0 Å². The molecule has 3 nitrogen and oxygen atoms in total. The molecule has 66 valence electrons. The Balaban J connectivity index is 3.52. The maximum absolute atomic E-state index is 10.9. The molecule has 0 aliphatic heterocycles. The van der Waals surface area contributed by atoms with Crippen molar-refractivity contribution >= 4 is 17.5 Å². The van der Waals surface area contributed by atoms with Crippen LogP contribution >= 0.6 is 11.6 Å². The molecule has 0 fully saturated rings. The van der Waals surface area contributed by atoms with Gasteiger partial charge in [-0.05, 0) is 13.3 Å². The molecule has 0 bridgehead atoms. The fourth-order valence-electron chi connectivity index (χ4n) is 0.544. The van der Waals surface area contributed by atoms with Gasteiger partial charge in [0.15, 0.2) is 0 Å². The van der Waals surface area contributed by atoms with Gasteiger partial charge in [-0.2, -0.15) is 0 Å². The number of carbonyl (C=O) groups excluding carboxylic acids is 1. The number of rotatable bonds is 4. The van der Waals surface area contributed by atoms with Gasteiger partial charge < -0.3 is 10.4 Å². The van der Waals surface area contributed by atoms with E-state index in [2.05, 4.69) is 5.32 Å². The van der Waals surface area contributed by atoms with E-state index in [0.717, 1.165) is 0 Å². The van der Waals surface area contributed by atoms with E-state index in [9.17, 15) is 4.79 Å². The van der Waals surface area contributed by atoms with E-state index in [4.69, 9.17) is 16.7 Å². The van der Waals surface area contributed by atoms with Crippen molar-refractivity contribution in [2.24, 2.45) is 0 Å². The predicted octanol–water partition coefficient (Wildman–Crippen LogP) is 0.501. The number of aliphatic hydroxyl groups excluding tert-OH is 1. The average molecular weight is 180 g/mol. The van der Waals surface area contributed by atoms with Gasteiger partial charge in [-0.25, -0.2) is 0 Å². The molecule has 0 heterocycles. The molecular formula is C7H14ClNO2. The third-order valence-electron chi connectivity index (χ3n) is 1.21.